The first-order valence-electron chi connectivity index (χ1n) is 4.87. The summed E-state index contributed by atoms with van der Waals surface area (Å²) in [4.78, 5) is 4.31. The lowest BCUT2D eigenvalue weighted by Gasteiger charge is -2.17. The van der Waals surface area contributed by atoms with Crippen LogP contribution in [0.5, 0.6) is 0 Å². The molecule has 1 heterocycles. The molecule has 3 nitrogen and oxygen atoms in total. The summed E-state index contributed by atoms with van der Waals surface area (Å²) >= 11 is 0. The molecule has 1 atom stereocenters. The van der Waals surface area contributed by atoms with E-state index in [2.05, 4.69) is 18.8 Å². The van der Waals surface area contributed by atoms with Gasteiger partial charge in [-0.25, -0.2) is 4.98 Å². The Morgan fingerprint density at radius 2 is 2.00 bits per heavy atom. The zero-order chi connectivity index (χ0) is 10.1. The summed E-state index contributed by atoms with van der Waals surface area (Å²) < 4.78 is 2.03. The molecular weight excluding hydrogens is 174 g/mol. The number of rotatable bonds is 2. The Kier molecular flexibility index (Phi) is 2.25. The largest absolute Gasteiger partial charge is 0.314 e. The Morgan fingerprint density at radius 1 is 1.29 bits per heavy atom. The average Bonchev–Trinajstić information content (AvgIpc) is 2.60. The van der Waals surface area contributed by atoms with Gasteiger partial charge < -0.3 is 10.3 Å². The molecule has 0 aliphatic heterocycles. The molecule has 0 fully saturated rings. The predicted octanol–water partition coefficient (Wildman–Crippen LogP) is 2.15. The first-order valence-corrected chi connectivity index (χ1v) is 4.87. The Bertz CT molecular complexity index is 431. The number of benzene rings is 1. The molecular formula is C11H15N3. The van der Waals surface area contributed by atoms with Crippen LogP contribution >= 0.6 is 0 Å². The second-order valence-corrected chi connectivity index (χ2v) is 3.88. The van der Waals surface area contributed by atoms with E-state index in [-0.39, 0.29) is 6.17 Å². The monoisotopic (exact) mass is 189 g/mol. The summed E-state index contributed by atoms with van der Waals surface area (Å²) in [6.07, 6.45) is 1.82. The number of nitrogens with two attached hydrogens (primary N) is 1. The highest BCUT2D eigenvalue weighted by Gasteiger charge is 2.12. The van der Waals surface area contributed by atoms with E-state index < -0.39 is 0 Å². The summed E-state index contributed by atoms with van der Waals surface area (Å²) in [7, 11) is 0. The molecule has 0 aliphatic rings. The fourth-order valence-corrected chi connectivity index (χ4v) is 1.54. The molecule has 2 N–H and O–H groups in total. The van der Waals surface area contributed by atoms with E-state index in [1.54, 1.807) is 0 Å². The maximum atomic E-state index is 6.07. The smallest absolute Gasteiger partial charge is 0.0971 e. The van der Waals surface area contributed by atoms with Gasteiger partial charge in [0.15, 0.2) is 0 Å². The van der Waals surface area contributed by atoms with Gasteiger partial charge in [0.2, 0.25) is 0 Å². The van der Waals surface area contributed by atoms with Crippen LogP contribution in [-0.4, -0.2) is 9.55 Å². The minimum absolute atomic E-state index is 0.00222. The molecule has 0 radical (unpaired) electrons. The van der Waals surface area contributed by atoms with Gasteiger partial charge in [-0.15, -0.1) is 0 Å². The average molecular weight is 189 g/mol. The first kappa shape index (κ1) is 9.21. The van der Waals surface area contributed by atoms with Gasteiger partial charge in [-0.3, -0.25) is 0 Å². The molecule has 0 saturated carbocycles. The molecule has 0 amide bonds. The van der Waals surface area contributed by atoms with Gasteiger partial charge in [0.05, 0.1) is 23.5 Å². The molecule has 1 aromatic carbocycles. The third-order valence-electron chi connectivity index (χ3n) is 2.49. The zero-order valence-corrected chi connectivity index (χ0v) is 8.51. The van der Waals surface area contributed by atoms with E-state index in [1.165, 1.54) is 0 Å². The van der Waals surface area contributed by atoms with Gasteiger partial charge >= 0.3 is 0 Å². The maximum absolute atomic E-state index is 6.07. The molecule has 14 heavy (non-hydrogen) atoms. The second kappa shape index (κ2) is 3.42. The molecule has 0 spiro atoms. The molecule has 3 heteroatoms. The minimum Gasteiger partial charge on any atom is -0.314 e. The number of hydrogen-bond donors (Lipinski definition) is 1. The standard InChI is InChI=1S/C11H15N3/c1-8(2)11(12)14-7-13-9-5-3-4-6-10(9)14/h3-8,11H,12H2,1-2H3. The van der Waals surface area contributed by atoms with Gasteiger partial charge in [0.25, 0.3) is 0 Å². The molecule has 0 bridgehead atoms. The van der Waals surface area contributed by atoms with E-state index in [9.17, 15) is 0 Å². The molecule has 0 saturated heterocycles. The van der Waals surface area contributed by atoms with Crippen LogP contribution in [0, 0.1) is 5.92 Å². The van der Waals surface area contributed by atoms with E-state index in [1.807, 2.05) is 35.2 Å². The fraction of sp³-hybridized carbons (Fsp3) is 0.364. The van der Waals surface area contributed by atoms with Crippen molar-refractivity contribution in [3.63, 3.8) is 0 Å². The topological polar surface area (TPSA) is 43.8 Å². The zero-order valence-electron chi connectivity index (χ0n) is 8.51. The summed E-state index contributed by atoms with van der Waals surface area (Å²) in [6, 6.07) is 8.04. The van der Waals surface area contributed by atoms with Crippen molar-refractivity contribution >= 4 is 11.0 Å². The molecule has 1 aromatic heterocycles. The SMILES string of the molecule is CC(C)C(N)n1cnc2ccccc21. The Hall–Kier alpha value is -1.35. The van der Waals surface area contributed by atoms with Crippen LogP contribution in [0.2, 0.25) is 0 Å². The first-order chi connectivity index (χ1) is 6.70. The van der Waals surface area contributed by atoms with Gasteiger partial charge in [0.1, 0.15) is 0 Å². The lowest BCUT2D eigenvalue weighted by Crippen LogP contribution is -2.23. The van der Waals surface area contributed by atoms with Crippen LogP contribution in [-0.2, 0) is 0 Å². The van der Waals surface area contributed by atoms with Crippen molar-refractivity contribution in [1.82, 2.24) is 9.55 Å². The lowest BCUT2D eigenvalue weighted by molar-refractivity contribution is 0.397. The molecule has 2 rings (SSSR count). The Morgan fingerprint density at radius 3 is 2.71 bits per heavy atom. The molecule has 0 aliphatic carbocycles. The van der Waals surface area contributed by atoms with Crippen molar-refractivity contribution in [2.45, 2.75) is 20.0 Å². The number of hydrogen-bond acceptors (Lipinski definition) is 2. The van der Waals surface area contributed by atoms with E-state index in [0.29, 0.717) is 5.92 Å². The molecule has 2 aromatic rings. The van der Waals surface area contributed by atoms with Crippen LogP contribution in [0.4, 0.5) is 0 Å². The fourth-order valence-electron chi connectivity index (χ4n) is 1.54. The minimum atomic E-state index is 0.00222. The third kappa shape index (κ3) is 1.40. The van der Waals surface area contributed by atoms with Crippen molar-refractivity contribution in [2.75, 3.05) is 0 Å². The molecule has 1 unspecified atom stereocenters. The summed E-state index contributed by atoms with van der Waals surface area (Å²) in [6.45, 7) is 4.22. The normalized spacial score (nSPS) is 13.7. The summed E-state index contributed by atoms with van der Waals surface area (Å²) in [5.74, 6) is 0.410. The van der Waals surface area contributed by atoms with Gasteiger partial charge in [0, 0.05) is 0 Å². The predicted molar refractivity (Wildman–Crippen MR) is 57.8 cm³/mol. The van der Waals surface area contributed by atoms with E-state index >= 15 is 0 Å². The number of para-hydroxylation sites is 2. The van der Waals surface area contributed by atoms with Crippen molar-refractivity contribution in [3.05, 3.63) is 30.6 Å². The van der Waals surface area contributed by atoms with Crippen LogP contribution < -0.4 is 5.73 Å². The number of aromatic nitrogens is 2. The van der Waals surface area contributed by atoms with Crippen LogP contribution in [0.15, 0.2) is 30.6 Å². The van der Waals surface area contributed by atoms with Gasteiger partial charge in [-0.1, -0.05) is 26.0 Å². The number of fused-ring (bicyclic) bond motifs is 1. The van der Waals surface area contributed by atoms with Crippen LogP contribution in [0.25, 0.3) is 11.0 Å². The van der Waals surface area contributed by atoms with Crippen molar-refractivity contribution in [1.29, 1.82) is 0 Å². The number of nitrogens with zero attached hydrogens (tertiary/aromatic N) is 2. The van der Waals surface area contributed by atoms with Crippen molar-refractivity contribution in [3.8, 4) is 0 Å². The molecule has 74 valence electrons. The second-order valence-electron chi connectivity index (χ2n) is 3.88. The Labute approximate surface area is 83.6 Å². The Balaban J connectivity index is 2.53. The van der Waals surface area contributed by atoms with Crippen LogP contribution in [0.3, 0.4) is 0 Å². The van der Waals surface area contributed by atoms with E-state index in [4.69, 9.17) is 5.73 Å². The quantitative estimate of drug-likeness (QED) is 0.786. The lowest BCUT2D eigenvalue weighted by atomic mass is 10.1. The van der Waals surface area contributed by atoms with Crippen LogP contribution in [0.1, 0.15) is 20.0 Å². The number of imidazole rings is 1. The van der Waals surface area contributed by atoms with Gasteiger partial charge in [-0.2, -0.15) is 0 Å². The maximum Gasteiger partial charge on any atom is 0.0971 e. The van der Waals surface area contributed by atoms with Crippen molar-refractivity contribution in [2.24, 2.45) is 11.7 Å². The highest BCUT2D eigenvalue weighted by Crippen LogP contribution is 2.18. The van der Waals surface area contributed by atoms with Crippen molar-refractivity contribution < 1.29 is 0 Å². The van der Waals surface area contributed by atoms with E-state index in [0.717, 1.165) is 11.0 Å². The highest BCUT2D eigenvalue weighted by atomic mass is 15.1. The third-order valence-corrected chi connectivity index (χ3v) is 2.49. The summed E-state index contributed by atoms with van der Waals surface area (Å²) in [5, 5.41) is 0. The highest BCUT2D eigenvalue weighted by molar-refractivity contribution is 5.75. The summed E-state index contributed by atoms with van der Waals surface area (Å²) in [5.41, 5.74) is 8.18. The van der Waals surface area contributed by atoms with Gasteiger partial charge in [-0.05, 0) is 18.1 Å².